The third kappa shape index (κ3) is 5.31. The summed E-state index contributed by atoms with van der Waals surface area (Å²) in [6.07, 6.45) is 1.74. The van der Waals surface area contributed by atoms with Crippen LogP contribution in [0.2, 0.25) is 0 Å². The number of amides is 1. The molecule has 7 heteroatoms. The molecular weight excluding hydrogens is 358 g/mol. The lowest BCUT2D eigenvalue weighted by atomic mass is 10.2. The second-order valence-electron chi connectivity index (χ2n) is 5.82. The van der Waals surface area contributed by atoms with Crippen molar-refractivity contribution in [2.24, 2.45) is 5.92 Å². The van der Waals surface area contributed by atoms with Crippen molar-refractivity contribution in [2.75, 3.05) is 19.8 Å². The molecule has 2 rings (SSSR count). The fourth-order valence-electron chi connectivity index (χ4n) is 2.10. The molecule has 0 spiro atoms. The number of hydrogen-bond acceptors (Lipinski definition) is 6. The largest absolute Gasteiger partial charge is 0.493 e. The molecule has 0 atom stereocenters. The molecule has 0 N–H and O–H groups in total. The van der Waals surface area contributed by atoms with Crippen LogP contribution in [0.15, 0.2) is 29.2 Å². The molecule has 1 aliphatic rings. The van der Waals surface area contributed by atoms with Gasteiger partial charge < -0.3 is 9.47 Å². The van der Waals surface area contributed by atoms with Crippen LogP contribution in [-0.2, 0) is 14.3 Å². The lowest BCUT2D eigenvalue weighted by molar-refractivity contribution is -0.147. The summed E-state index contributed by atoms with van der Waals surface area (Å²) >= 11 is 6.41. The van der Waals surface area contributed by atoms with Crippen molar-refractivity contribution in [1.29, 1.82) is 0 Å². The third-order valence-electron chi connectivity index (χ3n) is 3.24. The zero-order valence-corrected chi connectivity index (χ0v) is 16.1. The van der Waals surface area contributed by atoms with E-state index in [0.29, 0.717) is 28.2 Å². The molecule has 25 heavy (non-hydrogen) atoms. The van der Waals surface area contributed by atoms with Gasteiger partial charge in [0, 0.05) is 5.56 Å². The number of nitrogens with zero attached hydrogens (tertiary/aromatic N) is 1. The highest BCUT2D eigenvalue weighted by atomic mass is 32.2. The van der Waals surface area contributed by atoms with E-state index in [1.165, 1.54) is 16.7 Å². The lowest BCUT2D eigenvalue weighted by Gasteiger charge is -2.14. The number of thioether (sulfide) groups is 1. The van der Waals surface area contributed by atoms with Gasteiger partial charge in [-0.3, -0.25) is 14.5 Å². The highest BCUT2D eigenvalue weighted by Crippen LogP contribution is 2.34. The van der Waals surface area contributed by atoms with Gasteiger partial charge in [0.2, 0.25) is 0 Å². The molecule has 0 radical (unpaired) electrons. The zero-order chi connectivity index (χ0) is 18.4. The standard InChI is InChI=1S/C18H21NO4S2/c1-4-22-14-8-6-5-7-13(14)9-15-17(21)19(18(24)25-15)10-16(20)23-11-12(2)3/h5-9,12H,4,10-11H2,1-3H3/b15-9-. The predicted octanol–water partition coefficient (Wildman–Crippen LogP) is 3.49. The zero-order valence-electron chi connectivity index (χ0n) is 14.5. The van der Waals surface area contributed by atoms with Crippen LogP contribution >= 0.6 is 24.0 Å². The molecule has 1 aliphatic heterocycles. The summed E-state index contributed by atoms with van der Waals surface area (Å²) in [6, 6.07) is 7.46. The van der Waals surface area contributed by atoms with Crippen LogP contribution in [0.4, 0.5) is 0 Å². The number of carbonyl (C=O) groups excluding carboxylic acids is 2. The minimum Gasteiger partial charge on any atom is -0.493 e. The van der Waals surface area contributed by atoms with E-state index in [1.54, 1.807) is 6.08 Å². The minimum absolute atomic E-state index is 0.165. The van der Waals surface area contributed by atoms with Gasteiger partial charge in [-0.15, -0.1) is 0 Å². The molecule has 134 valence electrons. The average molecular weight is 380 g/mol. The van der Waals surface area contributed by atoms with E-state index in [2.05, 4.69) is 0 Å². The Bertz CT molecular complexity index is 700. The van der Waals surface area contributed by atoms with E-state index < -0.39 is 5.97 Å². The summed E-state index contributed by atoms with van der Waals surface area (Å²) in [6.45, 7) is 6.50. The molecule has 0 saturated carbocycles. The van der Waals surface area contributed by atoms with Crippen molar-refractivity contribution in [3.8, 4) is 5.75 Å². The van der Waals surface area contributed by atoms with E-state index in [1.807, 2.05) is 45.0 Å². The maximum atomic E-state index is 12.6. The number of ether oxygens (including phenoxy) is 2. The van der Waals surface area contributed by atoms with Crippen LogP contribution in [0.1, 0.15) is 26.3 Å². The molecule has 0 bridgehead atoms. The quantitative estimate of drug-likeness (QED) is 0.411. The van der Waals surface area contributed by atoms with Crippen LogP contribution in [0.25, 0.3) is 6.08 Å². The number of carbonyl (C=O) groups is 2. The molecular formula is C18H21NO4S2. The van der Waals surface area contributed by atoms with Crippen molar-refractivity contribution in [3.63, 3.8) is 0 Å². The first-order valence-corrected chi connectivity index (χ1v) is 9.27. The van der Waals surface area contributed by atoms with Gasteiger partial charge in [0.05, 0.1) is 18.1 Å². The topological polar surface area (TPSA) is 55.8 Å². The second kappa shape index (κ2) is 9.01. The lowest BCUT2D eigenvalue weighted by Crippen LogP contribution is -2.34. The van der Waals surface area contributed by atoms with Gasteiger partial charge >= 0.3 is 5.97 Å². The normalized spacial score (nSPS) is 16.0. The van der Waals surface area contributed by atoms with Gasteiger partial charge in [0.1, 0.15) is 16.6 Å². The van der Waals surface area contributed by atoms with Crippen molar-refractivity contribution < 1.29 is 19.1 Å². The molecule has 5 nitrogen and oxygen atoms in total. The smallest absolute Gasteiger partial charge is 0.326 e. The number of esters is 1. The molecule has 1 aromatic carbocycles. The molecule has 0 unspecified atom stereocenters. The van der Waals surface area contributed by atoms with Crippen LogP contribution in [-0.4, -0.2) is 40.9 Å². The fraction of sp³-hybridized carbons (Fsp3) is 0.389. The van der Waals surface area contributed by atoms with Gasteiger partial charge in [0.15, 0.2) is 0 Å². The molecule has 1 fully saturated rings. The van der Waals surface area contributed by atoms with Gasteiger partial charge in [0.25, 0.3) is 5.91 Å². The van der Waals surface area contributed by atoms with Gasteiger partial charge in [-0.05, 0) is 25.0 Å². The third-order valence-corrected chi connectivity index (χ3v) is 4.62. The minimum atomic E-state index is -0.457. The molecule has 1 amide bonds. The summed E-state index contributed by atoms with van der Waals surface area (Å²) < 4.78 is 11.0. The number of para-hydroxylation sites is 1. The number of benzene rings is 1. The van der Waals surface area contributed by atoms with Crippen LogP contribution < -0.4 is 4.74 Å². The van der Waals surface area contributed by atoms with E-state index in [0.717, 1.165) is 5.56 Å². The summed E-state index contributed by atoms with van der Waals surface area (Å²) in [5.74, 6) is 0.195. The number of thiocarbonyl (C=S) groups is 1. The number of rotatable bonds is 7. The summed E-state index contributed by atoms with van der Waals surface area (Å²) in [5, 5.41) is 0. The Morgan fingerprint density at radius 1 is 1.36 bits per heavy atom. The van der Waals surface area contributed by atoms with E-state index in [4.69, 9.17) is 21.7 Å². The van der Waals surface area contributed by atoms with Crippen molar-refractivity contribution in [1.82, 2.24) is 4.90 Å². The highest BCUT2D eigenvalue weighted by Gasteiger charge is 2.34. The Hall–Kier alpha value is -1.86. The summed E-state index contributed by atoms with van der Waals surface area (Å²) in [7, 11) is 0. The first kappa shape index (κ1) is 19.5. The maximum absolute atomic E-state index is 12.6. The molecule has 0 aliphatic carbocycles. The molecule has 0 aromatic heterocycles. The maximum Gasteiger partial charge on any atom is 0.326 e. The Labute approximate surface area is 157 Å². The van der Waals surface area contributed by atoms with Crippen molar-refractivity contribution in [3.05, 3.63) is 34.7 Å². The monoisotopic (exact) mass is 379 g/mol. The summed E-state index contributed by atoms with van der Waals surface area (Å²) in [4.78, 5) is 26.2. The van der Waals surface area contributed by atoms with Crippen LogP contribution in [0.5, 0.6) is 5.75 Å². The Kier molecular flexibility index (Phi) is 7.01. The van der Waals surface area contributed by atoms with E-state index >= 15 is 0 Å². The second-order valence-corrected chi connectivity index (χ2v) is 7.49. The molecule has 1 saturated heterocycles. The Balaban J connectivity index is 2.11. The summed E-state index contributed by atoms with van der Waals surface area (Å²) in [5.41, 5.74) is 0.798. The predicted molar refractivity (Wildman–Crippen MR) is 103 cm³/mol. The van der Waals surface area contributed by atoms with Crippen molar-refractivity contribution in [2.45, 2.75) is 20.8 Å². The van der Waals surface area contributed by atoms with E-state index in [-0.39, 0.29) is 18.4 Å². The van der Waals surface area contributed by atoms with Gasteiger partial charge in [-0.25, -0.2) is 0 Å². The van der Waals surface area contributed by atoms with Crippen LogP contribution in [0, 0.1) is 5.92 Å². The van der Waals surface area contributed by atoms with E-state index in [9.17, 15) is 9.59 Å². The molecule has 1 aromatic rings. The Morgan fingerprint density at radius 2 is 2.08 bits per heavy atom. The molecule has 1 heterocycles. The Morgan fingerprint density at radius 3 is 2.76 bits per heavy atom. The average Bonchev–Trinajstić information content (AvgIpc) is 2.82. The fourth-order valence-corrected chi connectivity index (χ4v) is 3.34. The first-order chi connectivity index (χ1) is 11.9. The van der Waals surface area contributed by atoms with Crippen molar-refractivity contribution >= 4 is 46.3 Å². The van der Waals surface area contributed by atoms with Gasteiger partial charge in [-0.1, -0.05) is 56.0 Å². The van der Waals surface area contributed by atoms with Gasteiger partial charge in [-0.2, -0.15) is 0 Å². The highest BCUT2D eigenvalue weighted by molar-refractivity contribution is 8.26. The SMILES string of the molecule is CCOc1ccccc1/C=C1\SC(=S)N(CC(=O)OCC(C)C)C1=O. The van der Waals surface area contributed by atoms with Crippen LogP contribution in [0.3, 0.4) is 0 Å². The number of hydrogen-bond donors (Lipinski definition) is 0. The first-order valence-electron chi connectivity index (χ1n) is 8.05.